The first-order valence-corrected chi connectivity index (χ1v) is 12.2. The van der Waals surface area contributed by atoms with Gasteiger partial charge in [-0.25, -0.2) is 0 Å². The standard InChI is InChI=1S/C26H24BrF3N2O3/c1-16-2-6-20(34-16)15-32-12-10-25(11-13-32)23(17-3-7-19(8-4-17)35-26(28,29)30)24(33)21-9-5-18(27)14-22(21)31-25/h2-9,14,23,31H,10-13,15H2,1H3. The van der Waals surface area contributed by atoms with E-state index < -0.39 is 17.8 Å². The number of carbonyl (C=O) groups excluding carboxylic acids is 1. The Morgan fingerprint density at radius 3 is 2.46 bits per heavy atom. The minimum atomic E-state index is -4.77. The van der Waals surface area contributed by atoms with Gasteiger partial charge in [-0.05, 0) is 67.8 Å². The van der Waals surface area contributed by atoms with E-state index in [4.69, 9.17) is 4.42 Å². The molecule has 0 amide bonds. The average molecular weight is 549 g/mol. The number of halogens is 4. The van der Waals surface area contributed by atoms with Crippen LogP contribution in [0.5, 0.6) is 5.75 Å². The molecule has 3 heterocycles. The first-order chi connectivity index (χ1) is 16.6. The van der Waals surface area contributed by atoms with Crippen molar-refractivity contribution in [3.8, 4) is 5.75 Å². The maximum atomic E-state index is 13.8. The highest BCUT2D eigenvalue weighted by atomic mass is 79.9. The van der Waals surface area contributed by atoms with E-state index in [1.165, 1.54) is 12.1 Å². The van der Waals surface area contributed by atoms with Crippen LogP contribution in [0.2, 0.25) is 0 Å². The molecule has 2 aromatic carbocycles. The lowest BCUT2D eigenvalue weighted by Gasteiger charge is -2.50. The Labute approximate surface area is 209 Å². The fourth-order valence-electron chi connectivity index (χ4n) is 5.23. The van der Waals surface area contributed by atoms with Gasteiger partial charge in [0.25, 0.3) is 0 Å². The number of likely N-dealkylation sites (tertiary alicyclic amines) is 1. The maximum absolute atomic E-state index is 13.8. The van der Waals surface area contributed by atoms with Gasteiger partial charge in [0.1, 0.15) is 17.3 Å². The zero-order valence-corrected chi connectivity index (χ0v) is 20.6. The molecule has 1 unspecified atom stereocenters. The van der Waals surface area contributed by atoms with Gasteiger partial charge in [-0.15, -0.1) is 13.2 Å². The zero-order valence-electron chi connectivity index (χ0n) is 19.0. The van der Waals surface area contributed by atoms with E-state index in [-0.39, 0.29) is 11.5 Å². The Balaban J connectivity index is 1.45. The number of aryl methyl sites for hydroxylation is 1. The summed E-state index contributed by atoms with van der Waals surface area (Å²) in [6.45, 7) is 4.09. The predicted molar refractivity (Wildman–Crippen MR) is 129 cm³/mol. The minimum absolute atomic E-state index is 0.0363. The Morgan fingerprint density at radius 2 is 1.83 bits per heavy atom. The Morgan fingerprint density at radius 1 is 1.11 bits per heavy atom. The summed E-state index contributed by atoms with van der Waals surface area (Å²) in [5.74, 6) is 0.889. The second-order valence-electron chi connectivity index (χ2n) is 9.17. The SMILES string of the molecule is Cc1ccc(CN2CCC3(CC2)Nc2cc(Br)ccc2C(=O)C3c2ccc(OC(F)(F)F)cc2)o1. The summed E-state index contributed by atoms with van der Waals surface area (Å²) in [7, 11) is 0. The van der Waals surface area contributed by atoms with E-state index in [9.17, 15) is 18.0 Å². The lowest BCUT2D eigenvalue weighted by Crippen LogP contribution is -2.56. The van der Waals surface area contributed by atoms with E-state index >= 15 is 0 Å². The average Bonchev–Trinajstić information content (AvgIpc) is 3.20. The van der Waals surface area contributed by atoms with E-state index in [1.807, 2.05) is 31.2 Å². The number of benzene rings is 2. The van der Waals surface area contributed by atoms with Crippen molar-refractivity contribution in [2.75, 3.05) is 18.4 Å². The van der Waals surface area contributed by atoms with Crippen molar-refractivity contribution < 1.29 is 27.1 Å². The Hall–Kier alpha value is -2.78. The number of furan rings is 1. The van der Waals surface area contributed by atoms with E-state index in [1.54, 1.807) is 18.2 Å². The van der Waals surface area contributed by atoms with Crippen LogP contribution in [0, 0.1) is 6.92 Å². The number of hydrogen-bond acceptors (Lipinski definition) is 5. The highest BCUT2D eigenvalue weighted by molar-refractivity contribution is 9.10. The number of alkyl halides is 3. The van der Waals surface area contributed by atoms with Crippen molar-refractivity contribution in [2.24, 2.45) is 0 Å². The number of rotatable bonds is 4. The summed E-state index contributed by atoms with van der Waals surface area (Å²) >= 11 is 3.49. The van der Waals surface area contributed by atoms with E-state index in [0.29, 0.717) is 30.5 Å². The van der Waals surface area contributed by atoms with Gasteiger partial charge < -0.3 is 14.5 Å². The van der Waals surface area contributed by atoms with Crippen molar-refractivity contribution in [3.63, 3.8) is 0 Å². The number of nitrogens with zero attached hydrogens (tertiary/aromatic N) is 1. The third-order valence-corrected chi connectivity index (χ3v) is 7.31. The molecule has 0 radical (unpaired) electrons. The van der Waals surface area contributed by atoms with Crippen LogP contribution in [0.15, 0.2) is 63.5 Å². The largest absolute Gasteiger partial charge is 0.573 e. The van der Waals surface area contributed by atoms with Crippen LogP contribution in [0.3, 0.4) is 0 Å². The molecule has 2 aliphatic rings. The molecule has 0 saturated carbocycles. The molecule has 1 N–H and O–H groups in total. The molecular weight excluding hydrogens is 525 g/mol. The lowest BCUT2D eigenvalue weighted by molar-refractivity contribution is -0.274. The van der Waals surface area contributed by atoms with Crippen LogP contribution in [0.25, 0.3) is 0 Å². The molecule has 1 saturated heterocycles. The summed E-state index contributed by atoms with van der Waals surface area (Å²) in [5, 5.41) is 3.66. The van der Waals surface area contributed by atoms with Gasteiger partial charge in [0.15, 0.2) is 5.78 Å². The second kappa shape index (κ2) is 9.02. The molecule has 5 nitrogen and oxygen atoms in total. The maximum Gasteiger partial charge on any atom is 0.573 e. The van der Waals surface area contributed by atoms with E-state index in [0.717, 1.165) is 34.8 Å². The molecule has 5 rings (SSSR count). The monoisotopic (exact) mass is 548 g/mol. The highest BCUT2D eigenvalue weighted by Gasteiger charge is 2.49. The normalized spacial score (nSPS) is 19.9. The van der Waals surface area contributed by atoms with Crippen LogP contribution in [-0.4, -0.2) is 35.7 Å². The summed E-state index contributed by atoms with van der Waals surface area (Å²) in [4.78, 5) is 16.1. The minimum Gasteiger partial charge on any atom is -0.465 e. The molecule has 184 valence electrons. The molecule has 1 atom stereocenters. The third kappa shape index (κ3) is 4.97. The molecule has 3 aromatic rings. The summed E-state index contributed by atoms with van der Waals surface area (Å²) in [5.41, 5.74) is 1.45. The van der Waals surface area contributed by atoms with Gasteiger partial charge in [-0.3, -0.25) is 9.69 Å². The van der Waals surface area contributed by atoms with Gasteiger partial charge >= 0.3 is 6.36 Å². The number of nitrogens with one attached hydrogen (secondary N) is 1. The lowest BCUT2D eigenvalue weighted by atomic mass is 9.67. The quantitative estimate of drug-likeness (QED) is 0.394. The molecule has 2 aliphatic heterocycles. The van der Waals surface area contributed by atoms with Crippen LogP contribution in [0.1, 0.15) is 46.2 Å². The number of piperidine rings is 1. The first kappa shape index (κ1) is 23.9. The van der Waals surface area contributed by atoms with Crippen molar-refractivity contribution in [1.82, 2.24) is 4.90 Å². The van der Waals surface area contributed by atoms with Gasteiger partial charge in [0, 0.05) is 28.8 Å². The van der Waals surface area contributed by atoms with Crippen molar-refractivity contribution >= 4 is 27.4 Å². The van der Waals surface area contributed by atoms with Gasteiger partial charge in [-0.1, -0.05) is 28.1 Å². The molecule has 35 heavy (non-hydrogen) atoms. The van der Waals surface area contributed by atoms with Crippen LogP contribution >= 0.6 is 15.9 Å². The van der Waals surface area contributed by atoms with Crippen LogP contribution < -0.4 is 10.1 Å². The number of fused-ring (bicyclic) bond motifs is 1. The van der Waals surface area contributed by atoms with E-state index in [2.05, 4.69) is 30.9 Å². The molecule has 1 aromatic heterocycles. The molecular formula is C26H24BrF3N2O3. The summed E-state index contributed by atoms with van der Waals surface area (Å²) in [6.07, 6.45) is -3.39. The van der Waals surface area contributed by atoms with Gasteiger partial charge in [0.2, 0.25) is 0 Å². The van der Waals surface area contributed by atoms with Gasteiger partial charge in [-0.2, -0.15) is 0 Å². The first-order valence-electron chi connectivity index (χ1n) is 11.4. The smallest absolute Gasteiger partial charge is 0.465 e. The number of carbonyl (C=O) groups is 1. The Bertz CT molecular complexity index is 1230. The Kier molecular flexibility index (Phi) is 6.17. The predicted octanol–water partition coefficient (Wildman–Crippen LogP) is 6.68. The summed E-state index contributed by atoms with van der Waals surface area (Å²) in [6, 6.07) is 15.1. The second-order valence-corrected chi connectivity index (χ2v) is 10.1. The topological polar surface area (TPSA) is 54.7 Å². The molecule has 0 bridgehead atoms. The molecule has 1 spiro atoms. The van der Waals surface area contributed by atoms with Crippen molar-refractivity contribution in [2.45, 2.75) is 44.1 Å². The fraction of sp³-hybridized carbons (Fsp3) is 0.346. The number of anilines is 1. The number of ketones is 1. The fourth-order valence-corrected chi connectivity index (χ4v) is 5.59. The zero-order chi connectivity index (χ0) is 24.8. The third-order valence-electron chi connectivity index (χ3n) is 6.82. The van der Waals surface area contributed by atoms with Crippen molar-refractivity contribution in [3.05, 3.63) is 81.7 Å². The molecule has 0 aliphatic carbocycles. The van der Waals surface area contributed by atoms with Crippen LogP contribution in [0.4, 0.5) is 18.9 Å². The number of hydrogen-bond donors (Lipinski definition) is 1. The number of Topliss-reactive ketones (excluding diaryl/α,β-unsaturated/α-hetero) is 1. The summed E-state index contributed by atoms with van der Waals surface area (Å²) < 4.78 is 48.5. The van der Waals surface area contributed by atoms with Crippen LogP contribution in [-0.2, 0) is 6.54 Å². The van der Waals surface area contributed by atoms with Crippen molar-refractivity contribution in [1.29, 1.82) is 0 Å². The van der Waals surface area contributed by atoms with Gasteiger partial charge in [0.05, 0.1) is 18.0 Å². The number of ether oxygens (including phenoxy) is 1. The highest BCUT2D eigenvalue weighted by Crippen LogP contribution is 2.47. The molecule has 9 heteroatoms. The molecule has 1 fully saturated rings.